The van der Waals surface area contributed by atoms with Crippen molar-refractivity contribution in [3.05, 3.63) is 43.1 Å². The Kier molecular flexibility index (Phi) is 4.81. The van der Waals surface area contributed by atoms with Crippen LogP contribution in [-0.4, -0.2) is 8.24 Å². The number of hydrogen-bond donors (Lipinski definition) is 0. The molecule has 1 aromatic carbocycles. The lowest BCUT2D eigenvalue weighted by molar-refractivity contribution is 1.10. The number of anilines is 1. The molecule has 0 N–H and O–H groups in total. The minimum atomic E-state index is -1.37. The molecule has 0 saturated heterocycles. The predicted octanol–water partition coefficient (Wildman–Crippen LogP) is 4.64. The Labute approximate surface area is 101 Å². The summed E-state index contributed by atoms with van der Waals surface area (Å²) in [5.74, 6) is 0. The van der Waals surface area contributed by atoms with Crippen LogP contribution in [0.4, 0.5) is 5.69 Å². The highest BCUT2D eigenvalue weighted by Crippen LogP contribution is 2.30. The maximum absolute atomic E-state index is 4.01. The first kappa shape index (κ1) is 13.0. The summed E-state index contributed by atoms with van der Waals surface area (Å²) in [7, 11) is -1.37. The molecule has 0 aliphatic rings. The largest absolute Gasteiger partial charge is 0.375 e. The summed E-state index contributed by atoms with van der Waals surface area (Å²) >= 11 is 0. The van der Waals surface area contributed by atoms with Crippen LogP contribution in [0, 0.1) is 0 Å². The van der Waals surface area contributed by atoms with Gasteiger partial charge in [0.25, 0.3) is 0 Å². The van der Waals surface area contributed by atoms with Crippen LogP contribution in [-0.2, 0) is 0 Å². The van der Waals surface area contributed by atoms with E-state index in [1.165, 1.54) is 23.8 Å². The van der Waals surface area contributed by atoms with Gasteiger partial charge in [-0.05, 0) is 36.5 Å². The van der Waals surface area contributed by atoms with E-state index in [4.69, 9.17) is 0 Å². The van der Waals surface area contributed by atoms with E-state index in [1.54, 1.807) is 0 Å². The van der Waals surface area contributed by atoms with E-state index in [0.717, 1.165) is 0 Å². The Balaban J connectivity index is 3.10. The molecule has 2 heteroatoms. The number of nitrogens with zero attached hydrogens (tertiary/aromatic N) is 1. The van der Waals surface area contributed by atoms with Gasteiger partial charge in [-0.3, -0.25) is 0 Å². The van der Waals surface area contributed by atoms with Crippen molar-refractivity contribution >= 4 is 13.9 Å². The molecule has 0 fully saturated rings. The highest BCUT2D eigenvalue weighted by molar-refractivity contribution is 6.83. The van der Waals surface area contributed by atoms with Crippen LogP contribution in [0.25, 0.3) is 0 Å². The molecule has 1 aromatic rings. The zero-order chi connectivity index (χ0) is 12.0. The summed E-state index contributed by atoms with van der Waals surface area (Å²) in [4.78, 5) is 0. The lowest BCUT2D eigenvalue weighted by Gasteiger charge is -2.40. The summed E-state index contributed by atoms with van der Waals surface area (Å²) in [5, 5.41) is 0. The minimum Gasteiger partial charge on any atom is -0.375 e. The molecule has 88 valence electrons. The molecule has 0 bridgehead atoms. The zero-order valence-electron chi connectivity index (χ0n) is 10.7. The predicted molar refractivity (Wildman–Crippen MR) is 76.3 cm³/mol. The van der Waals surface area contributed by atoms with Gasteiger partial charge in [0.2, 0.25) is 0 Å². The van der Waals surface area contributed by atoms with Crippen molar-refractivity contribution < 1.29 is 0 Å². The van der Waals surface area contributed by atoms with Crippen molar-refractivity contribution in [1.82, 2.24) is 0 Å². The van der Waals surface area contributed by atoms with E-state index in [1.807, 2.05) is 6.20 Å². The number of hydrogen-bond acceptors (Lipinski definition) is 1. The van der Waals surface area contributed by atoms with Crippen LogP contribution < -0.4 is 4.57 Å². The van der Waals surface area contributed by atoms with Gasteiger partial charge in [0.15, 0.2) is 8.24 Å². The molecule has 0 atom stereocenters. The van der Waals surface area contributed by atoms with E-state index in [9.17, 15) is 0 Å². The lowest BCUT2D eigenvalue weighted by atomic mass is 10.3. The van der Waals surface area contributed by atoms with Gasteiger partial charge in [0, 0.05) is 5.69 Å². The molecule has 1 rings (SSSR count). The molecule has 1 nitrogen and oxygen atoms in total. The molecule has 0 spiro atoms. The topological polar surface area (TPSA) is 3.24 Å². The first-order valence-corrected chi connectivity index (χ1v) is 8.77. The Morgan fingerprint density at radius 1 is 1.06 bits per heavy atom. The summed E-state index contributed by atoms with van der Waals surface area (Å²) in [6.45, 7) is 11.0. The zero-order valence-corrected chi connectivity index (χ0v) is 11.7. The second-order valence-corrected chi connectivity index (χ2v) is 9.22. The Hall–Kier alpha value is -1.02. The van der Waals surface area contributed by atoms with Gasteiger partial charge in [-0.1, -0.05) is 45.5 Å². The van der Waals surface area contributed by atoms with Crippen LogP contribution in [0.15, 0.2) is 43.1 Å². The minimum absolute atomic E-state index is 1.28. The summed E-state index contributed by atoms with van der Waals surface area (Å²) < 4.78 is 2.47. The van der Waals surface area contributed by atoms with Crippen molar-refractivity contribution in [3.63, 3.8) is 0 Å². The molecule has 0 heterocycles. The first-order valence-electron chi connectivity index (χ1n) is 6.21. The Morgan fingerprint density at radius 3 is 1.94 bits per heavy atom. The average Bonchev–Trinajstić information content (AvgIpc) is 2.37. The van der Waals surface area contributed by atoms with Crippen LogP contribution >= 0.6 is 0 Å². The van der Waals surface area contributed by atoms with E-state index in [-0.39, 0.29) is 0 Å². The van der Waals surface area contributed by atoms with Crippen molar-refractivity contribution in [2.75, 3.05) is 4.57 Å². The number of para-hydroxylation sites is 1. The first-order chi connectivity index (χ1) is 7.74. The van der Waals surface area contributed by atoms with Gasteiger partial charge < -0.3 is 4.57 Å². The molecule has 0 amide bonds. The van der Waals surface area contributed by atoms with E-state index < -0.39 is 8.24 Å². The molecule has 16 heavy (non-hydrogen) atoms. The molecule has 0 aromatic heterocycles. The van der Waals surface area contributed by atoms with Crippen LogP contribution in [0.5, 0.6) is 0 Å². The molecule has 0 radical (unpaired) electrons. The van der Waals surface area contributed by atoms with E-state index in [2.05, 4.69) is 62.2 Å². The molecular weight excluding hydrogens is 210 g/mol. The van der Waals surface area contributed by atoms with Crippen LogP contribution in [0.1, 0.15) is 20.8 Å². The number of rotatable bonds is 6. The maximum atomic E-state index is 4.01. The van der Waals surface area contributed by atoms with Crippen molar-refractivity contribution in [2.45, 2.75) is 38.9 Å². The SMILES string of the molecule is C=CN(c1ccccc1)[Si](CC)(CC)CC. The van der Waals surface area contributed by atoms with Crippen LogP contribution in [0.2, 0.25) is 18.1 Å². The highest BCUT2D eigenvalue weighted by Gasteiger charge is 2.33. The summed E-state index contributed by atoms with van der Waals surface area (Å²) in [6.07, 6.45) is 2.03. The van der Waals surface area contributed by atoms with Crippen molar-refractivity contribution in [3.8, 4) is 0 Å². The third-order valence-electron chi connectivity index (χ3n) is 3.70. The average molecular weight is 233 g/mol. The highest BCUT2D eigenvalue weighted by atomic mass is 28.3. The standard InChI is InChI=1S/C14H23NSi/c1-5-15(14-12-10-9-11-13-14)16(6-2,7-3)8-4/h5,9-13H,1,6-8H2,2-4H3. The third kappa shape index (κ3) is 2.38. The summed E-state index contributed by atoms with van der Waals surface area (Å²) in [5.41, 5.74) is 1.30. The fraction of sp³-hybridized carbons (Fsp3) is 0.429. The quantitative estimate of drug-likeness (QED) is 0.647. The fourth-order valence-corrected chi connectivity index (χ4v) is 6.03. The molecular formula is C14H23NSi. The second kappa shape index (κ2) is 5.90. The van der Waals surface area contributed by atoms with Crippen molar-refractivity contribution in [2.24, 2.45) is 0 Å². The molecule has 0 aliphatic carbocycles. The number of benzene rings is 1. The second-order valence-electron chi connectivity index (χ2n) is 4.17. The van der Waals surface area contributed by atoms with E-state index in [0.29, 0.717) is 0 Å². The smallest absolute Gasteiger partial charge is 0.161 e. The fourth-order valence-electron chi connectivity index (χ4n) is 2.42. The van der Waals surface area contributed by atoms with Crippen molar-refractivity contribution in [1.29, 1.82) is 0 Å². The van der Waals surface area contributed by atoms with Crippen LogP contribution in [0.3, 0.4) is 0 Å². The molecule has 0 aliphatic heterocycles. The molecule has 0 unspecified atom stereocenters. The van der Waals surface area contributed by atoms with Gasteiger partial charge >= 0.3 is 0 Å². The van der Waals surface area contributed by atoms with Gasteiger partial charge in [-0.25, -0.2) is 0 Å². The Bertz CT molecular complexity index is 309. The van der Waals surface area contributed by atoms with Gasteiger partial charge in [-0.15, -0.1) is 0 Å². The van der Waals surface area contributed by atoms with Gasteiger partial charge in [0.1, 0.15) is 0 Å². The normalized spacial score (nSPS) is 11.2. The third-order valence-corrected chi connectivity index (χ3v) is 9.11. The Morgan fingerprint density at radius 2 is 1.56 bits per heavy atom. The molecule has 0 saturated carbocycles. The summed E-state index contributed by atoms with van der Waals surface area (Å²) in [6, 6.07) is 14.5. The van der Waals surface area contributed by atoms with Gasteiger partial charge in [0.05, 0.1) is 0 Å². The monoisotopic (exact) mass is 233 g/mol. The maximum Gasteiger partial charge on any atom is 0.161 e. The van der Waals surface area contributed by atoms with Gasteiger partial charge in [-0.2, -0.15) is 0 Å². The lowest BCUT2D eigenvalue weighted by Crippen LogP contribution is -2.49. The van der Waals surface area contributed by atoms with E-state index >= 15 is 0 Å².